The normalized spacial score (nSPS) is 13.8. The minimum atomic E-state index is -1.22. The van der Waals surface area contributed by atoms with Crippen LogP contribution in [0.5, 0.6) is 0 Å². The van der Waals surface area contributed by atoms with E-state index in [0.29, 0.717) is 11.7 Å². The first-order valence-corrected chi connectivity index (χ1v) is 13.6. The molecular formula is C31H43N3O6. The van der Waals surface area contributed by atoms with Crippen molar-refractivity contribution >= 4 is 23.9 Å². The number of carbonyl (C=O) groups excluding carboxylic acids is 4. The van der Waals surface area contributed by atoms with Gasteiger partial charge in [-0.15, -0.1) is 0 Å². The summed E-state index contributed by atoms with van der Waals surface area (Å²) in [6, 6.07) is 15.2. The number of ether oxygens (including phenoxy) is 2. The van der Waals surface area contributed by atoms with Gasteiger partial charge in [-0.3, -0.25) is 9.59 Å². The maximum Gasteiger partial charge on any atom is 0.408 e. The zero-order chi connectivity index (χ0) is 30.6. The molecule has 9 heteroatoms. The predicted octanol–water partition coefficient (Wildman–Crippen LogP) is 3.94. The topological polar surface area (TPSA) is 123 Å². The van der Waals surface area contributed by atoms with Gasteiger partial charge in [0, 0.05) is 6.42 Å². The minimum absolute atomic E-state index is 0.0568. The number of amides is 3. The summed E-state index contributed by atoms with van der Waals surface area (Å²) in [7, 11) is 1.23. The first-order valence-electron chi connectivity index (χ1n) is 14.0. The van der Waals surface area contributed by atoms with Crippen LogP contribution >= 0.6 is 0 Å². The number of hydrogen-bond acceptors (Lipinski definition) is 6. The van der Waals surface area contributed by atoms with Gasteiger partial charge in [-0.1, -0.05) is 74.5 Å². The standard InChI is InChI=1S/C31H43N3O6/c1-21(2)19-25(28(36)33-26(29(37)39-6)20-23-15-11-8-12-16-23)32-27(35)24(34-30(38)40-31(3,4)5)18-17-22-13-9-7-10-14-22/h7-16,21,24-26H,17-20H2,1-6H3,(H,32,35)(H,33,36)(H,34,38)/t24-,25-,26-/m0/s1/i/hD. The summed E-state index contributed by atoms with van der Waals surface area (Å²) < 4.78 is 19.0. The molecule has 0 unspecified atom stereocenters. The van der Waals surface area contributed by atoms with Gasteiger partial charge in [-0.25, -0.2) is 9.59 Å². The van der Waals surface area contributed by atoms with Crippen LogP contribution in [0, 0.1) is 5.92 Å². The van der Waals surface area contributed by atoms with Crippen LogP contribution in [0.4, 0.5) is 4.79 Å². The molecule has 0 aromatic heterocycles. The molecule has 9 nitrogen and oxygen atoms in total. The fourth-order valence-corrected chi connectivity index (χ4v) is 4.02. The number of rotatable bonds is 13. The van der Waals surface area contributed by atoms with Gasteiger partial charge in [0.15, 0.2) is 1.41 Å². The Hall–Kier alpha value is -3.88. The molecule has 2 aromatic carbocycles. The van der Waals surface area contributed by atoms with E-state index in [9.17, 15) is 19.2 Å². The molecule has 0 bridgehead atoms. The summed E-state index contributed by atoms with van der Waals surface area (Å²) in [4.78, 5) is 52.3. The number of nitrogens with one attached hydrogen (secondary N) is 3. The Balaban J connectivity index is 2.28. The molecule has 3 N–H and O–H groups in total. The van der Waals surface area contributed by atoms with Gasteiger partial charge in [-0.2, -0.15) is 0 Å². The second-order valence-corrected chi connectivity index (χ2v) is 11.1. The number of carbonyl (C=O) groups is 4. The van der Waals surface area contributed by atoms with Gasteiger partial charge in [0.25, 0.3) is 0 Å². The van der Waals surface area contributed by atoms with Crippen molar-refractivity contribution in [2.24, 2.45) is 5.92 Å². The molecule has 0 fully saturated rings. The SMILES string of the molecule is [2H]N(C(=O)[C@H](CCc1ccccc1)NC(=O)OC(C)(C)C)[C@@H](CC(C)C)C(=O)N[C@@H](Cc1ccccc1)C(=O)OC. The van der Waals surface area contributed by atoms with Crippen molar-refractivity contribution in [3.8, 4) is 0 Å². The Morgan fingerprint density at radius 2 is 1.40 bits per heavy atom. The summed E-state index contributed by atoms with van der Waals surface area (Å²) in [6.07, 6.45) is 0.184. The molecule has 0 radical (unpaired) electrons. The van der Waals surface area contributed by atoms with Gasteiger partial charge in [0.2, 0.25) is 11.8 Å². The van der Waals surface area contributed by atoms with Gasteiger partial charge in [0.1, 0.15) is 23.7 Å². The number of alkyl carbamates (subject to hydrolysis) is 1. The van der Waals surface area contributed by atoms with Crippen LogP contribution < -0.4 is 15.9 Å². The molecule has 0 heterocycles. The molecule has 218 valence electrons. The number of aryl methyl sites for hydroxylation is 1. The molecular weight excluding hydrogens is 510 g/mol. The lowest BCUT2D eigenvalue weighted by Crippen LogP contribution is -2.56. The first-order chi connectivity index (χ1) is 19.3. The monoisotopic (exact) mass is 554 g/mol. The maximum absolute atomic E-state index is 13.7. The predicted molar refractivity (Wildman–Crippen MR) is 153 cm³/mol. The van der Waals surface area contributed by atoms with Crippen molar-refractivity contribution in [2.45, 2.75) is 84.0 Å². The lowest BCUT2D eigenvalue weighted by Gasteiger charge is -2.27. The summed E-state index contributed by atoms with van der Waals surface area (Å²) >= 11 is 0. The number of hydrogen-bond donors (Lipinski definition) is 3. The van der Waals surface area contributed by atoms with Crippen molar-refractivity contribution in [1.82, 2.24) is 15.9 Å². The maximum atomic E-state index is 13.7. The number of esters is 1. The van der Waals surface area contributed by atoms with E-state index in [2.05, 4.69) is 10.6 Å². The van der Waals surface area contributed by atoms with E-state index in [-0.39, 0.29) is 25.2 Å². The fraction of sp³-hybridized carbons (Fsp3) is 0.484. The van der Waals surface area contributed by atoms with Crippen molar-refractivity contribution in [1.29, 1.82) is 0 Å². The lowest BCUT2D eigenvalue weighted by atomic mass is 10.00. The lowest BCUT2D eigenvalue weighted by molar-refractivity contribution is -0.145. The molecule has 0 aliphatic rings. The zero-order valence-electron chi connectivity index (χ0n) is 25.3. The molecule has 2 rings (SSSR count). The third-order valence-corrected chi connectivity index (χ3v) is 5.92. The molecule has 3 amide bonds. The summed E-state index contributed by atoms with van der Waals surface area (Å²) in [5.74, 6) is -2.11. The summed E-state index contributed by atoms with van der Waals surface area (Å²) in [5, 5.41) is 5.89. The fourth-order valence-electron chi connectivity index (χ4n) is 4.02. The largest absolute Gasteiger partial charge is 0.467 e. The van der Waals surface area contributed by atoms with E-state index in [0.717, 1.165) is 11.1 Å². The third kappa shape index (κ3) is 11.9. The molecule has 0 aliphatic heterocycles. The number of methoxy groups -OCH3 is 1. The first kappa shape index (κ1) is 30.7. The molecule has 3 atom stereocenters. The average molecular weight is 555 g/mol. The van der Waals surface area contributed by atoms with Gasteiger partial charge in [0.05, 0.1) is 7.11 Å². The molecule has 0 spiro atoms. The highest BCUT2D eigenvalue weighted by molar-refractivity contribution is 5.93. The average Bonchev–Trinajstić information content (AvgIpc) is 2.92. The molecule has 0 saturated carbocycles. The Bertz CT molecular complexity index is 1140. The van der Waals surface area contributed by atoms with Gasteiger partial charge < -0.3 is 25.4 Å². The Labute approximate surface area is 238 Å². The van der Waals surface area contributed by atoms with Crippen molar-refractivity contribution in [3.05, 3.63) is 71.8 Å². The van der Waals surface area contributed by atoms with E-state index in [1.54, 1.807) is 20.8 Å². The Kier molecular flexibility index (Phi) is 12.0. The van der Waals surface area contributed by atoms with E-state index in [1.807, 2.05) is 74.5 Å². The highest BCUT2D eigenvalue weighted by atomic mass is 16.6. The molecule has 2 aromatic rings. The van der Waals surface area contributed by atoms with Crippen LogP contribution in [0.2, 0.25) is 1.41 Å². The summed E-state index contributed by atoms with van der Waals surface area (Å²) in [5.41, 5.74) is 0.968. The van der Waals surface area contributed by atoms with E-state index in [1.165, 1.54) is 7.11 Å². The Morgan fingerprint density at radius 1 is 0.825 bits per heavy atom. The van der Waals surface area contributed by atoms with Gasteiger partial charge >= 0.3 is 12.1 Å². The van der Waals surface area contributed by atoms with Crippen LogP contribution in [0.3, 0.4) is 0 Å². The van der Waals surface area contributed by atoms with Gasteiger partial charge in [-0.05, 0) is 57.1 Å². The van der Waals surface area contributed by atoms with E-state index >= 15 is 0 Å². The second kappa shape index (κ2) is 15.6. The highest BCUT2D eigenvalue weighted by Crippen LogP contribution is 2.12. The van der Waals surface area contributed by atoms with Crippen molar-refractivity contribution < 1.29 is 30.1 Å². The van der Waals surface area contributed by atoms with Crippen molar-refractivity contribution in [3.63, 3.8) is 0 Å². The van der Waals surface area contributed by atoms with Crippen LogP contribution in [-0.4, -0.2) is 54.7 Å². The summed E-state index contributed by atoms with van der Waals surface area (Å²) in [6.45, 7) is 8.86. The van der Waals surface area contributed by atoms with Crippen LogP contribution in [0.15, 0.2) is 60.7 Å². The van der Waals surface area contributed by atoms with E-state index < -0.39 is 47.6 Å². The van der Waals surface area contributed by atoms with Crippen LogP contribution in [0.1, 0.15) is 58.6 Å². The molecule has 0 aliphatic carbocycles. The highest BCUT2D eigenvalue weighted by Gasteiger charge is 2.31. The third-order valence-electron chi connectivity index (χ3n) is 5.92. The second-order valence-electron chi connectivity index (χ2n) is 11.1. The smallest absolute Gasteiger partial charge is 0.408 e. The zero-order valence-corrected chi connectivity index (χ0v) is 24.3. The van der Waals surface area contributed by atoms with Crippen LogP contribution in [0.25, 0.3) is 0 Å². The minimum Gasteiger partial charge on any atom is -0.467 e. The van der Waals surface area contributed by atoms with E-state index in [4.69, 9.17) is 10.9 Å². The quantitative estimate of drug-likeness (QED) is 0.322. The van der Waals surface area contributed by atoms with Crippen molar-refractivity contribution in [2.75, 3.05) is 7.11 Å². The number of benzene rings is 2. The Morgan fingerprint density at radius 3 is 1.93 bits per heavy atom. The molecule has 0 saturated heterocycles. The van der Waals surface area contributed by atoms with Crippen LogP contribution in [-0.2, 0) is 36.7 Å². The molecule has 40 heavy (non-hydrogen) atoms.